The Morgan fingerprint density at radius 3 is 2.71 bits per heavy atom. The van der Waals surface area contributed by atoms with E-state index in [1.807, 2.05) is 0 Å². The van der Waals surface area contributed by atoms with Gasteiger partial charge in [0.1, 0.15) is 4.21 Å². The fourth-order valence-corrected chi connectivity index (χ4v) is 5.83. The fraction of sp³-hybridized carbons (Fsp3) is 0.714. The van der Waals surface area contributed by atoms with Crippen molar-refractivity contribution < 1.29 is 13.5 Å². The summed E-state index contributed by atoms with van der Waals surface area (Å²) in [5.41, 5.74) is 0. The molecule has 0 radical (unpaired) electrons. The minimum absolute atomic E-state index is 0.0494. The number of likely N-dealkylation sites (N-methyl/N-ethyl adjacent to an activating group) is 1. The molecular weight excluding hydrogens is 308 g/mol. The Morgan fingerprint density at radius 1 is 1.38 bits per heavy atom. The van der Waals surface area contributed by atoms with Crippen LogP contribution in [0.15, 0.2) is 16.3 Å². The zero-order valence-corrected chi connectivity index (χ0v) is 14.3. The first-order chi connectivity index (χ1) is 10.0. The summed E-state index contributed by atoms with van der Waals surface area (Å²) in [6.45, 7) is 7.35. The second-order valence-corrected chi connectivity index (χ2v) is 8.55. The van der Waals surface area contributed by atoms with Gasteiger partial charge in [-0.25, -0.2) is 8.42 Å². The summed E-state index contributed by atoms with van der Waals surface area (Å²) >= 11 is 1.27. The van der Waals surface area contributed by atoms with Gasteiger partial charge in [-0.15, -0.1) is 11.3 Å². The van der Waals surface area contributed by atoms with E-state index in [2.05, 4.69) is 18.7 Å². The van der Waals surface area contributed by atoms with Crippen molar-refractivity contribution in [1.29, 1.82) is 0 Å². The van der Waals surface area contributed by atoms with E-state index in [4.69, 9.17) is 5.11 Å². The molecule has 1 aromatic heterocycles. The van der Waals surface area contributed by atoms with Crippen LogP contribution in [0.1, 0.15) is 25.1 Å². The maximum absolute atomic E-state index is 12.7. The first kappa shape index (κ1) is 16.9. The van der Waals surface area contributed by atoms with Crippen molar-refractivity contribution in [3.63, 3.8) is 0 Å². The van der Waals surface area contributed by atoms with Crippen molar-refractivity contribution in [1.82, 2.24) is 9.21 Å². The standard InChI is InChI=1S/C14H24N2O3S2/c1-3-15(4-2)12-7-9-16(11-12)21(18,19)14-6-5-13(20-14)8-10-17/h5-6,12,17H,3-4,7-11H2,1-2H3. The summed E-state index contributed by atoms with van der Waals surface area (Å²) in [6, 6.07) is 3.79. The number of aliphatic hydroxyl groups excluding tert-OH is 1. The molecule has 120 valence electrons. The lowest BCUT2D eigenvalue weighted by Gasteiger charge is -2.25. The van der Waals surface area contributed by atoms with Gasteiger partial charge in [-0.3, -0.25) is 4.90 Å². The highest BCUT2D eigenvalue weighted by molar-refractivity contribution is 7.91. The third kappa shape index (κ3) is 3.65. The Hall–Kier alpha value is -0.470. The Bertz CT molecular complexity index is 552. The van der Waals surface area contributed by atoms with Gasteiger partial charge >= 0.3 is 0 Å². The lowest BCUT2D eigenvalue weighted by Crippen LogP contribution is -2.38. The van der Waals surface area contributed by atoms with Gasteiger partial charge in [0, 0.05) is 37.0 Å². The molecule has 5 nitrogen and oxygen atoms in total. The summed E-state index contributed by atoms with van der Waals surface area (Å²) in [6.07, 6.45) is 1.41. The topological polar surface area (TPSA) is 60.9 Å². The molecule has 0 amide bonds. The first-order valence-electron chi connectivity index (χ1n) is 7.46. The van der Waals surface area contributed by atoms with Crippen molar-refractivity contribution >= 4 is 21.4 Å². The van der Waals surface area contributed by atoms with Crippen LogP contribution in [0.25, 0.3) is 0 Å². The van der Waals surface area contributed by atoms with E-state index in [9.17, 15) is 8.42 Å². The molecule has 21 heavy (non-hydrogen) atoms. The van der Waals surface area contributed by atoms with Crippen LogP contribution >= 0.6 is 11.3 Å². The van der Waals surface area contributed by atoms with E-state index in [1.165, 1.54) is 11.3 Å². The van der Waals surface area contributed by atoms with Gasteiger partial charge in [-0.1, -0.05) is 13.8 Å². The number of thiophene rings is 1. The van der Waals surface area contributed by atoms with E-state index in [0.717, 1.165) is 24.4 Å². The molecule has 7 heteroatoms. The summed E-state index contributed by atoms with van der Waals surface area (Å²) in [4.78, 5) is 3.23. The summed E-state index contributed by atoms with van der Waals surface area (Å²) in [5.74, 6) is 0. The number of hydrogen-bond acceptors (Lipinski definition) is 5. The quantitative estimate of drug-likeness (QED) is 0.820. The summed E-state index contributed by atoms with van der Waals surface area (Å²) in [7, 11) is -3.38. The molecular formula is C14H24N2O3S2. The van der Waals surface area contributed by atoms with E-state index >= 15 is 0 Å². The van der Waals surface area contributed by atoms with Crippen LogP contribution in [0, 0.1) is 0 Å². The molecule has 0 aliphatic carbocycles. The monoisotopic (exact) mass is 332 g/mol. The molecule has 0 bridgehead atoms. The zero-order valence-electron chi connectivity index (χ0n) is 12.7. The highest BCUT2D eigenvalue weighted by Gasteiger charge is 2.35. The van der Waals surface area contributed by atoms with Crippen molar-refractivity contribution in [2.45, 2.75) is 36.9 Å². The number of aliphatic hydroxyl groups is 1. The average molecular weight is 332 g/mol. The molecule has 1 saturated heterocycles. The predicted molar refractivity (Wildman–Crippen MR) is 85.2 cm³/mol. The van der Waals surface area contributed by atoms with Crippen molar-refractivity contribution in [3.8, 4) is 0 Å². The van der Waals surface area contributed by atoms with Crippen LogP contribution in [-0.4, -0.2) is 61.6 Å². The molecule has 2 heterocycles. The van der Waals surface area contributed by atoms with Gasteiger partial charge in [0.05, 0.1) is 0 Å². The third-order valence-electron chi connectivity index (χ3n) is 4.04. The first-order valence-corrected chi connectivity index (χ1v) is 9.72. The largest absolute Gasteiger partial charge is 0.396 e. The molecule has 1 atom stereocenters. The van der Waals surface area contributed by atoms with Gasteiger partial charge in [0.2, 0.25) is 0 Å². The fourth-order valence-electron chi connectivity index (χ4n) is 2.84. The molecule has 2 rings (SSSR count). The number of hydrogen-bond donors (Lipinski definition) is 1. The van der Waals surface area contributed by atoms with E-state index in [1.54, 1.807) is 16.4 Å². The van der Waals surface area contributed by atoms with Gasteiger partial charge in [0.25, 0.3) is 10.0 Å². The molecule has 1 aromatic rings. The second-order valence-electron chi connectivity index (χ2n) is 5.22. The van der Waals surface area contributed by atoms with Crippen LogP contribution in [0.5, 0.6) is 0 Å². The number of rotatable bonds is 7. The van der Waals surface area contributed by atoms with Crippen molar-refractivity contribution in [3.05, 3.63) is 17.0 Å². The lowest BCUT2D eigenvalue weighted by molar-refractivity contribution is 0.225. The molecule has 0 aromatic carbocycles. The van der Waals surface area contributed by atoms with Gasteiger partial charge in [-0.05, 0) is 31.6 Å². The predicted octanol–water partition coefficient (Wildman–Crippen LogP) is 1.39. The lowest BCUT2D eigenvalue weighted by atomic mass is 10.2. The van der Waals surface area contributed by atoms with Crippen LogP contribution in [0.3, 0.4) is 0 Å². The second kappa shape index (κ2) is 7.19. The summed E-state index contributed by atoms with van der Waals surface area (Å²) < 4.78 is 27.3. The van der Waals surface area contributed by atoms with E-state index in [-0.39, 0.29) is 6.61 Å². The SMILES string of the molecule is CCN(CC)C1CCN(S(=O)(=O)c2ccc(CCO)s2)C1. The minimum atomic E-state index is -3.38. The van der Waals surface area contributed by atoms with Gasteiger partial charge in [-0.2, -0.15) is 4.31 Å². The van der Waals surface area contributed by atoms with E-state index in [0.29, 0.717) is 29.8 Å². The molecule has 1 aliphatic heterocycles. The maximum Gasteiger partial charge on any atom is 0.252 e. The van der Waals surface area contributed by atoms with Crippen LogP contribution in [0.4, 0.5) is 0 Å². The Morgan fingerprint density at radius 2 is 2.10 bits per heavy atom. The molecule has 0 saturated carbocycles. The average Bonchev–Trinajstić information content (AvgIpc) is 3.10. The molecule has 0 spiro atoms. The third-order valence-corrected chi connectivity index (χ3v) is 7.52. The smallest absolute Gasteiger partial charge is 0.252 e. The van der Waals surface area contributed by atoms with Gasteiger partial charge < -0.3 is 5.11 Å². The van der Waals surface area contributed by atoms with Crippen molar-refractivity contribution in [2.24, 2.45) is 0 Å². The molecule has 1 fully saturated rings. The van der Waals surface area contributed by atoms with Crippen LogP contribution < -0.4 is 0 Å². The highest BCUT2D eigenvalue weighted by atomic mass is 32.2. The van der Waals surface area contributed by atoms with Crippen LogP contribution in [0.2, 0.25) is 0 Å². The Balaban J connectivity index is 2.10. The van der Waals surface area contributed by atoms with Gasteiger partial charge in [0.15, 0.2) is 0 Å². The number of nitrogens with zero attached hydrogens (tertiary/aromatic N) is 2. The van der Waals surface area contributed by atoms with E-state index < -0.39 is 10.0 Å². The number of sulfonamides is 1. The summed E-state index contributed by atoms with van der Waals surface area (Å²) in [5, 5.41) is 8.93. The maximum atomic E-state index is 12.7. The van der Waals surface area contributed by atoms with Crippen LogP contribution in [-0.2, 0) is 16.4 Å². The molecule has 1 aliphatic rings. The molecule has 1 N–H and O–H groups in total. The highest BCUT2D eigenvalue weighted by Crippen LogP contribution is 2.28. The normalized spacial score (nSPS) is 20.5. The zero-order chi connectivity index (χ0) is 15.5. The van der Waals surface area contributed by atoms with Crippen molar-refractivity contribution in [2.75, 3.05) is 32.8 Å². The Labute approximate surface area is 131 Å². The Kier molecular flexibility index (Phi) is 5.79. The minimum Gasteiger partial charge on any atom is -0.396 e. The molecule has 1 unspecified atom stereocenters.